The number of benzene rings is 6. The first-order valence-corrected chi connectivity index (χ1v) is 10.5. The largest absolute Gasteiger partial charge is 0.0622 e. The maximum atomic E-state index is 2.42. The van der Waals surface area contributed by atoms with Crippen molar-refractivity contribution in [3.8, 4) is 33.4 Å². The van der Waals surface area contributed by atoms with Gasteiger partial charge >= 0.3 is 0 Å². The molecule has 0 fully saturated rings. The summed E-state index contributed by atoms with van der Waals surface area (Å²) in [6.45, 7) is 0. The van der Waals surface area contributed by atoms with Crippen molar-refractivity contribution in [2.45, 2.75) is 0 Å². The van der Waals surface area contributed by atoms with Crippen molar-refractivity contribution >= 4 is 32.3 Å². The molecular weight excluding hydrogens is 360 g/mol. The molecule has 0 N–H and O–H groups in total. The Kier molecular flexibility index (Phi) is 3.09. The summed E-state index contributed by atoms with van der Waals surface area (Å²) in [7, 11) is 0. The summed E-state index contributed by atoms with van der Waals surface area (Å²) < 4.78 is 0. The van der Waals surface area contributed by atoms with Crippen LogP contribution >= 0.6 is 0 Å². The van der Waals surface area contributed by atoms with Crippen molar-refractivity contribution in [1.82, 2.24) is 0 Å². The molecule has 1 aliphatic carbocycles. The molecule has 0 heterocycles. The minimum Gasteiger partial charge on any atom is -0.0622 e. The Balaban J connectivity index is 1.62. The van der Waals surface area contributed by atoms with Crippen molar-refractivity contribution in [3.05, 3.63) is 109 Å². The van der Waals surface area contributed by atoms with E-state index in [1.54, 1.807) is 0 Å². The standard InChI is InChI=1S/C30H18/c1-2-7-19(8-3-1)21-14-16-23-25-11-6-12-26-24-15-13-20-9-4-5-10-22(20)28(24)18-29(30(25)26)27(23)17-21/h1-18H. The van der Waals surface area contributed by atoms with Crippen molar-refractivity contribution in [3.63, 3.8) is 0 Å². The van der Waals surface area contributed by atoms with Crippen LogP contribution < -0.4 is 0 Å². The molecule has 0 amide bonds. The molecule has 0 spiro atoms. The SMILES string of the molecule is c1ccc(-c2ccc3c(c2)-c2cc4c5ccccc5ccc4c4cccc-3c24)cc1. The molecule has 7 rings (SSSR count). The van der Waals surface area contributed by atoms with Crippen LogP contribution in [0, 0.1) is 0 Å². The van der Waals surface area contributed by atoms with Gasteiger partial charge in [-0.1, -0.05) is 97.1 Å². The molecule has 6 aromatic carbocycles. The molecular formula is C30H18. The van der Waals surface area contributed by atoms with E-state index >= 15 is 0 Å². The predicted molar refractivity (Wildman–Crippen MR) is 129 cm³/mol. The van der Waals surface area contributed by atoms with E-state index < -0.39 is 0 Å². The summed E-state index contributed by atoms with van der Waals surface area (Å²) in [5, 5.41) is 8.04. The first-order chi connectivity index (χ1) is 14.9. The molecule has 0 aliphatic heterocycles. The molecule has 0 bridgehead atoms. The molecule has 0 saturated heterocycles. The fourth-order valence-electron chi connectivity index (χ4n) is 5.22. The maximum absolute atomic E-state index is 2.42. The highest BCUT2D eigenvalue weighted by atomic mass is 14.3. The van der Waals surface area contributed by atoms with Crippen LogP contribution in [0.4, 0.5) is 0 Å². The summed E-state index contributed by atoms with van der Waals surface area (Å²) in [5.41, 5.74) is 7.93. The van der Waals surface area contributed by atoms with E-state index in [2.05, 4.69) is 109 Å². The van der Waals surface area contributed by atoms with Crippen molar-refractivity contribution in [1.29, 1.82) is 0 Å². The van der Waals surface area contributed by atoms with Crippen LogP contribution in [0.1, 0.15) is 0 Å². The van der Waals surface area contributed by atoms with Gasteiger partial charge in [-0.15, -0.1) is 0 Å². The van der Waals surface area contributed by atoms with Gasteiger partial charge in [0.2, 0.25) is 0 Å². The van der Waals surface area contributed by atoms with Gasteiger partial charge in [-0.05, 0) is 77.8 Å². The number of fused-ring (bicyclic) bond motifs is 7. The normalized spacial score (nSPS) is 12.0. The van der Waals surface area contributed by atoms with Crippen molar-refractivity contribution in [2.75, 3.05) is 0 Å². The first-order valence-electron chi connectivity index (χ1n) is 10.5. The number of hydrogen-bond acceptors (Lipinski definition) is 0. The van der Waals surface area contributed by atoms with Crippen LogP contribution in [0.25, 0.3) is 65.7 Å². The monoisotopic (exact) mass is 378 g/mol. The minimum absolute atomic E-state index is 1.26. The average molecular weight is 378 g/mol. The summed E-state index contributed by atoms with van der Waals surface area (Å²) >= 11 is 0. The molecule has 0 heteroatoms. The van der Waals surface area contributed by atoms with E-state index in [9.17, 15) is 0 Å². The van der Waals surface area contributed by atoms with Crippen LogP contribution in [0.15, 0.2) is 109 Å². The molecule has 1 aliphatic rings. The number of rotatable bonds is 1. The Morgan fingerprint density at radius 3 is 2.10 bits per heavy atom. The lowest BCUT2D eigenvalue weighted by Gasteiger charge is -2.10. The van der Waals surface area contributed by atoms with Crippen LogP contribution in [-0.4, -0.2) is 0 Å². The fourth-order valence-corrected chi connectivity index (χ4v) is 5.22. The Bertz CT molecular complexity index is 1620. The van der Waals surface area contributed by atoms with Gasteiger partial charge in [0.1, 0.15) is 0 Å². The average Bonchev–Trinajstić information content (AvgIpc) is 3.14. The third-order valence-electron chi connectivity index (χ3n) is 6.59. The van der Waals surface area contributed by atoms with E-state index in [4.69, 9.17) is 0 Å². The third-order valence-corrected chi connectivity index (χ3v) is 6.59. The quantitative estimate of drug-likeness (QED) is 0.251. The van der Waals surface area contributed by atoms with Gasteiger partial charge in [-0.2, -0.15) is 0 Å². The Labute approximate surface area is 175 Å². The highest BCUT2D eigenvalue weighted by Crippen LogP contribution is 2.50. The van der Waals surface area contributed by atoms with Gasteiger partial charge in [0, 0.05) is 0 Å². The molecule has 0 nitrogen and oxygen atoms in total. The fraction of sp³-hybridized carbons (Fsp3) is 0. The van der Waals surface area contributed by atoms with Gasteiger partial charge < -0.3 is 0 Å². The van der Waals surface area contributed by atoms with E-state index in [1.165, 1.54) is 65.7 Å². The number of hydrogen-bond donors (Lipinski definition) is 0. The summed E-state index contributed by atoms with van der Waals surface area (Å²) in [4.78, 5) is 0. The molecule has 0 aromatic heterocycles. The molecule has 138 valence electrons. The summed E-state index contributed by atoms with van der Waals surface area (Å²) in [6, 6.07) is 40.0. The van der Waals surface area contributed by atoms with Crippen LogP contribution in [0.5, 0.6) is 0 Å². The highest BCUT2D eigenvalue weighted by molar-refractivity contribution is 6.27. The van der Waals surface area contributed by atoms with E-state index in [0.29, 0.717) is 0 Å². The molecule has 0 unspecified atom stereocenters. The van der Waals surface area contributed by atoms with Crippen molar-refractivity contribution in [2.24, 2.45) is 0 Å². The molecule has 0 radical (unpaired) electrons. The molecule has 0 saturated carbocycles. The first kappa shape index (κ1) is 16.0. The Morgan fingerprint density at radius 2 is 1.17 bits per heavy atom. The van der Waals surface area contributed by atoms with E-state index in [1.807, 2.05) is 0 Å². The lowest BCUT2D eigenvalue weighted by molar-refractivity contribution is 1.62. The predicted octanol–water partition coefficient (Wildman–Crippen LogP) is 8.46. The topological polar surface area (TPSA) is 0 Å². The highest BCUT2D eigenvalue weighted by Gasteiger charge is 2.23. The second-order valence-electron chi connectivity index (χ2n) is 8.16. The zero-order valence-corrected chi connectivity index (χ0v) is 16.4. The smallest absolute Gasteiger partial charge is 0.00199 e. The molecule has 6 aromatic rings. The van der Waals surface area contributed by atoms with Crippen LogP contribution in [0.3, 0.4) is 0 Å². The van der Waals surface area contributed by atoms with Gasteiger partial charge in [0.25, 0.3) is 0 Å². The maximum Gasteiger partial charge on any atom is -0.00199 e. The zero-order valence-electron chi connectivity index (χ0n) is 16.4. The van der Waals surface area contributed by atoms with E-state index in [0.717, 1.165) is 0 Å². The van der Waals surface area contributed by atoms with Gasteiger partial charge in [-0.3, -0.25) is 0 Å². The summed E-state index contributed by atoms with van der Waals surface area (Å²) in [5.74, 6) is 0. The lowest BCUT2D eigenvalue weighted by atomic mass is 9.93. The van der Waals surface area contributed by atoms with E-state index in [-0.39, 0.29) is 0 Å². The van der Waals surface area contributed by atoms with Gasteiger partial charge in [0.15, 0.2) is 0 Å². The lowest BCUT2D eigenvalue weighted by Crippen LogP contribution is -1.83. The minimum atomic E-state index is 1.26. The third kappa shape index (κ3) is 2.06. The van der Waals surface area contributed by atoms with Crippen LogP contribution in [-0.2, 0) is 0 Å². The Morgan fingerprint density at radius 1 is 0.333 bits per heavy atom. The Hall–Kier alpha value is -3.90. The van der Waals surface area contributed by atoms with Crippen LogP contribution in [0.2, 0.25) is 0 Å². The van der Waals surface area contributed by atoms with Gasteiger partial charge in [0.05, 0.1) is 0 Å². The summed E-state index contributed by atoms with van der Waals surface area (Å²) in [6.07, 6.45) is 0. The molecule has 0 atom stereocenters. The second kappa shape index (κ2) is 5.81. The molecule has 30 heavy (non-hydrogen) atoms. The zero-order chi connectivity index (χ0) is 19.7. The van der Waals surface area contributed by atoms with Crippen molar-refractivity contribution < 1.29 is 0 Å². The van der Waals surface area contributed by atoms with Gasteiger partial charge in [-0.25, -0.2) is 0 Å². The second-order valence-corrected chi connectivity index (χ2v) is 8.16.